The van der Waals surface area contributed by atoms with Crippen LogP contribution in [0.4, 0.5) is 4.79 Å². The number of nitrogens with zero attached hydrogens (tertiary/aromatic N) is 1. The molecule has 0 aromatic carbocycles. The minimum Gasteiger partial charge on any atom is -0.448 e. The van der Waals surface area contributed by atoms with Crippen molar-refractivity contribution in [3.63, 3.8) is 0 Å². The Morgan fingerprint density at radius 3 is 2.75 bits per heavy atom. The van der Waals surface area contributed by atoms with Crippen molar-refractivity contribution in [2.45, 2.75) is 20.4 Å². The van der Waals surface area contributed by atoms with Gasteiger partial charge in [0.25, 0.3) is 0 Å². The van der Waals surface area contributed by atoms with E-state index in [1.54, 1.807) is 0 Å². The SMILES string of the molecule is Cc1cc(CNCCOC(N)=O)c(C)n1C. The molecule has 3 N–H and O–H groups in total. The number of hydrogen-bond acceptors (Lipinski definition) is 3. The van der Waals surface area contributed by atoms with Gasteiger partial charge in [-0.25, -0.2) is 4.79 Å². The molecule has 0 unspecified atom stereocenters. The van der Waals surface area contributed by atoms with E-state index < -0.39 is 6.09 Å². The molecule has 1 aromatic heterocycles. The van der Waals surface area contributed by atoms with Crippen LogP contribution < -0.4 is 11.1 Å². The zero-order chi connectivity index (χ0) is 12.1. The predicted molar refractivity (Wildman–Crippen MR) is 62.1 cm³/mol. The maximum atomic E-state index is 10.3. The third-order valence-electron chi connectivity index (χ3n) is 2.72. The number of aryl methyl sites for hydroxylation is 1. The molecule has 5 nitrogen and oxygen atoms in total. The zero-order valence-corrected chi connectivity index (χ0v) is 10.0. The Balaban J connectivity index is 2.32. The number of rotatable bonds is 5. The minimum atomic E-state index is -0.728. The van der Waals surface area contributed by atoms with Gasteiger partial charge in [-0.05, 0) is 25.5 Å². The van der Waals surface area contributed by atoms with Crippen LogP contribution in [-0.4, -0.2) is 23.8 Å². The van der Waals surface area contributed by atoms with Crippen LogP contribution in [0.3, 0.4) is 0 Å². The molecule has 0 fully saturated rings. The summed E-state index contributed by atoms with van der Waals surface area (Å²) in [5.41, 5.74) is 8.59. The monoisotopic (exact) mass is 225 g/mol. The Kier molecular flexibility index (Phi) is 4.37. The van der Waals surface area contributed by atoms with E-state index in [0.29, 0.717) is 13.2 Å². The number of carbonyl (C=O) groups excluding carboxylic acids is 1. The fraction of sp³-hybridized carbons (Fsp3) is 0.545. The number of aromatic nitrogens is 1. The topological polar surface area (TPSA) is 69.3 Å². The second kappa shape index (κ2) is 5.55. The molecule has 1 rings (SSSR count). The van der Waals surface area contributed by atoms with Gasteiger partial charge in [-0.3, -0.25) is 0 Å². The number of ether oxygens (including phenoxy) is 1. The molecular formula is C11H19N3O2. The number of nitrogens with one attached hydrogen (secondary N) is 1. The highest BCUT2D eigenvalue weighted by Crippen LogP contribution is 2.12. The van der Waals surface area contributed by atoms with E-state index >= 15 is 0 Å². The van der Waals surface area contributed by atoms with Gasteiger partial charge >= 0.3 is 6.09 Å². The lowest BCUT2D eigenvalue weighted by Gasteiger charge is -2.05. The first kappa shape index (κ1) is 12.6. The highest BCUT2D eigenvalue weighted by Gasteiger charge is 2.04. The number of primary amides is 1. The molecule has 5 heteroatoms. The van der Waals surface area contributed by atoms with Gasteiger partial charge in [0.2, 0.25) is 0 Å². The van der Waals surface area contributed by atoms with Crippen LogP contribution >= 0.6 is 0 Å². The van der Waals surface area contributed by atoms with E-state index in [-0.39, 0.29) is 0 Å². The van der Waals surface area contributed by atoms with Crippen LogP contribution in [0.25, 0.3) is 0 Å². The Hall–Kier alpha value is -1.49. The molecule has 0 bridgehead atoms. The number of amides is 1. The van der Waals surface area contributed by atoms with Crippen LogP contribution in [0.15, 0.2) is 6.07 Å². The summed E-state index contributed by atoms with van der Waals surface area (Å²) in [6, 6.07) is 2.15. The lowest BCUT2D eigenvalue weighted by Crippen LogP contribution is -2.23. The number of carbonyl (C=O) groups is 1. The molecular weight excluding hydrogens is 206 g/mol. The molecule has 0 saturated heterocycles. The van der Waals surface area contributed by atoms with Gasteiger partial charge < -0.3 is 20.4 Å². The Morgan fingerprint density at radius 1 is 1.56 bits per heavy atom. The normalized spacial score (nSPS) is 10.4. The van der Waals surface area contributed by atoms with Crippen molar-refractivity contribution in [1.29, 1.82) is 0 Å². The molecule has 1 aromatic rings. The summed E-state index contributed by atoms with van der Waals surface area (Å²) < 4.78 is 6.76. The van der Waals surface area contributed by atoms with E-state index in [1.165, 1.54) is 17.0 Å². The molecule has 1 heterocycles. The predicted octanol–water partition coefficient (Wildman–Crippen LogP) is 0.827. The van der Waals surface area contributed by atoms with Crippen molar-refractivity contribution in [3.8, 4) is 0 Å². The van der Waals surface area contributed by atoms with Gasteiger partial charge in [0, 0.05) is 31.5 Å². The largest absolute Gasteiger partial charge is 0.448 e. The molecule has 1 amide bonds. The van der Waals surface area contributed by atoms with Crippen molar-refractivity contribution in [1.82, 2.24) is 9.88 Å². The van der Waals surface area contributed by atoms with Crippen molar-refractivity contribution < 1.29 is 9.53 Å². The van der Waals surface area contributed by atoms with Gasteiger partial charge in [0.15, 0.2) is 0 Å². The molecule has 0 radical (unpaired) electrons. The zero-order valence-electron chi connectivity index (χ0n) is 10.0. The highest BCUT2D eigenvalue weighted by molar-refractivity contribution is 5.64. The highest BCUT2D eigenvalue weighted by atomic mass is 16.5. The lowest BCUT2D eigenvalue weighted by molar-refractivity contribution is 0.157. The summed E-state index contributed by atoms with van der Waals surface area (Å²) in [6.45, 7) is 5.85. The van der Waals surface area contributed by atoms with Crippen LogP contribution in [-0.2, 0) is 18.3 Å². The first-order chi connectivity index (χ1) is 7.52. The molecule has 0 atom stereocenters. The Morgan fingerprint density at radius 2 is 2.25 bits per heavy atom. The molecule has 16 heavy (non-hydrogen) atoms. The fourth-order valence-corrected chi connectivity index (χ4v) is 1.56. The molecule has 0 aliphatic rings. The van der Waals surface area contributed by atoms with Crippen molar-refractivity contribution >= 4 is 6.09 Å². The number of hydrogen-bond donors (Lipinski definition) is 2. The summed E-state index contributed by atoms with van der Waals surface area (Å²) in [5, 5.41) is 3.19. The third-order valence-corrected chi connectivity index (χ3v) is 2.72. The van der Waals surface area contributed by atoms with E-state index in [1.807, 2.05) is 7.05 Å². The smallest absolute Gasteiger partial charge is 0.404 e. The van der Waals surface area contributed by atoms with Crippen molar-refractivity contribution in [3.05, 3.63) is 23.0 Å². The maximum Gasteiger partial charge on any atom is 0.404 e. The van der Waals surface area contributed by atoms with E-state index in [2.05, 4.69) is 34.5 Å². The van der Waals surface area contributed by atoms with Gasteiger partial charge in [-0.1, -0.05) is 0 Å². The summed E-state index contributed by atoms with van der Waals surface area (Å²) in [7, 11) is 2.05. The molecule has 0 spiro atoms. The van der Waals surface area contributed by atoms with Crippen LogP contribution in [0.5, 0.6) is 0 Å². The standard InChI is InChI=1S/C11H19N3O2/c1-8-6-10(9(2)14(8)3)7-13-4-5-16-11(12)15/h6,13H,4-5,7H2,1-3H3,(H2,12,15). The first-order valence-electron chi connectivity index (χ1n) is 5.27. The van der Waals surface area contributed by atoms with Crippen LogP contribution in [0.1, 0.15) is 17.0 Å². The second-order valence-electron chi connectivity index (χ2n) is 3.80. The summed E-state index contributed by atoms with van der Waals surface area (Å²) in [5.74, 6) is 0. The van der Waals surface area contributed by atoms with Crippen LogP contribution in [0, 0.1) is 13.8 Å². The molecule has 90 valence electrons. The first-order valence-corrected chi connectivity index (χ1v) is 5.27. The van der Waals surface area contributed by atoms with Gasteiger partial charge in [-0.15, -0.1) is 0 Å². The Labute approximate surface area is 95.6 Å². The van der Waals surface area contributed by atoms with E-state index in [4.69, 9.17) is 5.73 Å². The maximum absolute atomic E-state index is 10.3. The second-order valence-corrected chi connectivity index (χ2v) is 3.80. The van der Waals surface area contributed by atoms with Gasteiger partial charge in [-0.2, -0.15) is 0 Å². The van der Waals surface area contributed by atoms with E-state index in [9.17, 15) is 4.79 Å². The quantitative estimate of drug-likeness (QED) is 0.729. The average Bonchev–Trinajstić information content (AvgIpc) is 2.45. The van der Waals surface area contributed by atoms with Gasteiger partial charge in [0.1, 0.15) is 6.61 Å². The summed E-state index contributed by atoms with van der Waals surface area (Å²) >= 11 is 0. The van der Waals surface area contributed by atoms with E-state index in [0.717, 1.165) is 6.54 Å². The fourth-order valence-electron chi connectivity index (χ4n) is 1.56. The Bertz CT molecular complexity index is 372. The van der Waals surface area contributed by atoms with Gasteiger partial charge in [0.05, 0.1) is 0 Å². The van der Waals surface area contributed by atoms with Crippen LogP contribution in [0.2, 0.25) is 0 Å². The third kappa shape index (κ3) is 3.27. The molecule has 0 aliphatic heterocycles. The van der Waals surface area contributed by atoms with Crippen molar-refractivity contribution in [2.24, 2.45) is 12.8 Å². The van der Waals surface area contributed by atoms with Crippen molar-refractivity contribution in [2.75, 3.05) is 13.2 Å². The summed E-state index contributed by atoms with van der Waals surface area (Å²) in [4.78, 5) is 10.3. The number of nitrogens with two attached hydrogens (primary N) is 1. The lowest BCUT2D eigenvalue weighted by atomic mass is 10.2. The molecule has 0 aliphatic carbocycles. The average molecular weight is 225 g/mol. The molecule has 0 saturated carbocycles. The summed E-state index contributed by atoms with van der Waals surface area (Å²) in [6.07, 6.45) is -0.728. The minimum absolute atomic E-state index is 0.306.